The third-order valence-electron chi connectivity index (χ3n) is 7.85. The number of rotatable bonds is 7. The smallest absolute Gasteiger partial charge is 0.273 e. The van der Waals surface area contributed by atoms with Crippen LogP contribution in [0.2, 0.25) is 0 Å². The molecule has 1 aromatic heterocycles. The second-order valence-corrected chi connectivity index (χ2v) is 12.2. The van der Waals surface area contributed by atoms with Crippen LogP contribution in [0.5, 0.6) is 0 Å². The third kappa shape index (κ3) is 4.29. The molecule has 1 N–H and O–H groups in total. The van der Waals surface area contributed by atoms with Gasteiger partial charge in [-0.15, -0.1) is 0 Å². The van der Waals surface area contributed by atoms with Crippen LogP contribution in [0.15, 0.2) is 39.8 Å². The molecule has 4 heterocycles. The number of hydrogen-bond acceptors (Lipinski definition) is 6. The van der Waals surface area contributed by atoms with Crippen molar-refractivity contribution in [3.05, 3.63) is 47.3 Å². The van der Waals surface area contributed by atoms with Gasteiger partial charge in [-0.25, -0.2) is 8.42 Å². The molecule has 2 bridgehead atoms. The summed E-state index contributed by atoms with van der Waals surface area (Å²) in [6.45, 7) is 3.12. The van der Waals surface area contributed by atoms with Gasteiger partial charge in [-0.2, -0.15) is 4.31 Å². The number of fused-ring (bicyclic) bond motifs is 2. The number of likely N-dealkylation sites (tertiary alicyclic amines) is 1. The van der Waals surface area contributed by atoms with Crippen molar-refractivity contribution in [3.63, 3.8) is 0 Å². The minimum absolute atomic E-state index is 0.0552. The third-order valence-corrected chi connectivity index (χ3v) is 9.86. The van der Waals surface area contributed by atoms with Crippen LogP contribution in [0.4, 0.5) is 0 Å². The highest BCUT2D eigenvalue weighted by Crippen LogP contribution is 2.41. The normalized spacial score (nSPS) is 27.8. The molecule has 9 heteroatoms. The van der Waals surface area contributed by atoms with Gasteiger partial charge in [-0.3, -0.25) is 9.69 Å². The minimum atomic E-state index is -3.57. The topological polar surface area (TPSA) is 95.8 Å². The van der Waals surface area contributed by atoms with Crippen molar-refractivity contribution in [2.24, 2.45) is 0 Å². The molecule has 3 atom stereocenters. The van der Waals surface area contributed by atoms with E-state index >= 15 is 0 Å². The number of nitrogens with one attached hydrogen (secondary N) is 1. The molecule has 6 rings (SSSR count). The minimum Gasteiger partial charge on any atom is -0.360 e. The molecule has 3 saturated heterocycles. The molecule has 1 aliphatic carbocycles. The van der Waals surface area contributed by atoms with Crippen molar-refractivity contribution >= 4 is 15.9 Å². The van der Waals surface area contributed by atoms with Gasteiger partial charge in [0.15, 0.2) is 5.69 Å². The highest BCUT2D eigenvalue weighted by molar-refractivity contribution is 7.89. The van der Waals surface area contributed by atoms with Crippen LogP contribution in [0.3, 0.4) is 0 Å². The molecule has 1 aromatic carbocycles. The van der Waals surface area contributed by atoms with Crippen LogP contribution in [-0.2, 0) is 16.6 Å². The molecule has 34 heavy (non-hydrogen) atoms. The highest BCUT2D eigenvalue weighted by atomic mass is 32.2. The highest BCUT2D eigenvalue weighted by Gasteiger charge is 2.47. The predicted molar refractivity (Wildman–Crippen MR) is 126 cm³/mol. The summed E-state index contributed by atoms with van der Waals surface area (Å²) in [5.74, 6) is 0.968. The molecule has 3 aliphatic heterocycles. The molecule has 4 fully saturated rings. The Morgan fingerprint density at radius 2 is 1.71 bits per heavy atom. The van der Waals surface area contributed by atoms with Gasteiger partial charge in [0.25, 0.3) is 5.91 Å². The average Bonchev–Trinajstić information content (AvgIpc) is 3.20. The first-order chi connectivity index (χ1) is 16.5. The Kier molecular flexibility index (Phi) is 5.74. The van der Waals surface area contributed by atoms with E-state index in [2.05, 4.69) is 15.4 Å². The van der Waals surface area contributed by atoms with Crippen LogP contribution >= 0.6 is 0 Å². The predicted octanol–water partition coefficient (Wildman–Crippen LogP) is 3.26. The second kappa shape index (κ2) is 8.77. The van der Waals surface area contributed by atoms with Gasteiger partial charge in [0.2, 0.25) is 10.0 Å². The Hall–Kier alpha value is -2.23. The molecule has 1 saturated carbocycles. The van der Waals surface area contributed by atoms with Gasteiger partial charge < -0.3 is 9.84 Å². The summed E-state index contributed by atoms with van der Waals surface area (Å²) in [6, 6.07) is 8.94. The number of aromatic nitrogens is 1. The van der Waals surface area contributed by atoms with Crippen molar-refractivity contribution in [2.45, 2.75) is 86.9 Å². The van der Waals surface area contributed by atoms with E-state index in [0.29, 0.717) is 29.3 Å². The summed E-state index contributed by atoms with van der Waals surface area (Å²) in [6.07, 6.45) is 7.58. The Balaban J connectivity index is 1.10. The fourth-order valence-corrected chi connectivity index (χ4v) is 7.84. The Morgan fingerprint density at radius 1 is 1.03 bits per heavy atom. The maximum Gasteiger partial charge on any atom is 0.273 e. The van der Waals surface area contributed by atoms with E-state index in [1.165, 1.54) is 12.8 Å². The van der Waals surface area contributed by atoms with Crippen molar-refractivity contribution in [1.29, 1.82) is 0 Å². The number of hydrogen-bond donors (Lipinski definition) is 1. The van der Waals surface area contributed by atoms with Crippen LogP contribution in [0.1, 0.15) is 79.1 Å². The first kappa shape index (κ1) is 22.2. The van der Waals surface area contributed by atoms with Gasteiger partial charge in [0.1, 0.15) is 5.76 Å². The van der Waals surface area contributed by atoms with Gasteiger partial charge >= 0.3 is 0 Å². The fourth-order valence-electron chi connectivity index (χ4n) is 5.95. The molecule has 2 aromatic rings. The average molecular weight is 485 g/mol. The SMILES string of the molecule is O=C(NC1C[C@H]2CC[C@@H](C1)N2S(=O)(=O)c1ccc(CN2CCCC2)cc1)c1cc(C2CC2)on1. The van der Waals surface area contributed by atoms with E-state index < -0.39 is 10.0 Å². The lowest BCUT2D eigenvalue weighted by molar-refractivity contribution is 0.0900. The molecular weight excluding hydrogens is 452 g/mol. The van der Waals surface area contributed by atoms with Crippen LogP contribution in [-0.4, -0.2) is 59.9 Å². The largest absolute Gasteiger partial charge is 0.360 e. The lowest BCUT2D eigenvalue weighted by Gasteiger charge is -2.38. The molecular formula is C25H32N4O4S. The maximum atomic E-state index is 13.5. The zero-order valence-electron chi connectivity index (χ0n) is 19.4. The van der Waals surface area contributed by atoms with Crippen LogP contribution in [0, 0.1) is 0 Å². The van der Waals surface area contributed by atoms with Gasteiger partial charge in [-0.1, -0.05) is 17.3 Å². The number of carbonyl (C=O) groups is 1. The number of piperidine rings is 1. The summed E-state index contributed by atoms with van der Waals surface area (Å²) in [4.78, 5) is 15.5. The molecule has 1 unspecified atom stereocenters. The van der Waals surface area contributed by atoms with E-state index in [1.54, 1.807) is 22.5 Å². The van der Waals surface area contributed by atoms with Gasteiger partial charge in [0, 0.05) is 36.7 Å². The zero-order chi connectivity index (χ0) is 23.3. The Morgan fingerprint density at radius 3 is 2.35 bits per heavy atom. The lowest BCUT2D eigenvalue weighted by Crippen LogP contribution is -2.52. The van der Waals surface area contributed by atoms with Crippen molar-refractivity contribution in [1.82, 2.24) is 19.7 Å². The zero-order valence-corrected chi connectivity index (χ0v) is 20.2. The molecule has 0 spiro atoms. The summed E-state index contributed by atoms with van der Waals surface area (Å²) < 4.78 is 34.1. The molecule has 0 radical (unpaired) electrons. The summed E-state index contributed by atoms with van der Waals surface area (Å²) in [5.41, 5.74) is 1.47. The van der Waals surface area contributed by atoms with Crippen LogP contribution in [0.25, 0.3) is 0 Å². The standard InChI is InChI=1S/C25H32N4O4S/c30-25(23-15-24(33-27-23)18-5-6-18)26-19-13-20-7-8-21(14-19)29(20)34(31,32)22-9-3-17(4-10-22)16-28-11-1-2-12-28/h3-4,9-10,15,18-21H,1-2,5-8,11-14,16H2,(H,26,30)/t19?,20-,21+. The monoisotopic (exact) mass is 484 g/mol. The van der Waals surface area contributed by atoms with E-state index in [4.69, 9.17) is 4.52 Å². The van der Waals surface area contributed by atoms with E-state index in [9.17, 15) is 13.2 Å². The van der Waals surface area contributed by atoms with Crippen LogP contribution < -0.4 is 5.32 Å². The van der Waals surface area contributed by atoms with E-state index in [-0.39, 0.29) is 24.0 Å². The van der Waals surface area contributed by atoms with Crippen molar-refractivity contribution in [3.8, 4) is 0 Å². The van der Waals surface area contributed by atoms with Gasteiger partial charge in [0.05, 0.1) is 4.90 Å². The number of carbonyl (C=O) groups excluding carboxylic acids is 1. The van der Waals surface area contributed by atoms with E-state index in [1.807, 2.05) is 12.1 Å². The summed E-state index contributed by atoms with van der Waals surface area (Å²) in [5, 5.41) is 7.01. The quantitative estimate of drug-likeness (QED) is 0.648. The summed E-state index contributed by atoms with van der Waals surface area (Å²) in [7, 11) is -3.57. The van der Waals surface area contributed by atoms with Gasteiger partial charge in [-0.05, 0) is 82.2 Å². The Labute approximate surface area is 200 Å². The van der Waals surface area contributed by atoms with Crippen molar-refractivity contribution in [2.75, 3.05) is 13.1 Å². The molecule has 1 amide bonds. The number of benzene rings is 1. The number of amides is 1. The summed E-state index contributed by atoms with van der Waals surface area (Å²) >= 11 is 0. The lowest BCUT2D eigenvalue weighted by atomic mass is 9.99. The maximum absolute atomic E-state index is 13.5. The first-order valence-corrected chi connectivity index (χ1v) is 14.0. The van der Waals surface area contributed by atoms with E-state index in [0.717, 1.165) is 56.6 Å². The van der Waals surface area contributed by atoms with Crippen molar-refractivity contribution < 1.29 is 17.7 Å². The molecule has 182 valence electrons. The number of nitrogens with zero attached hydrogens (tertiary/aromatic N) is 3. The molecule has 4 aliphatic rings. The first-order valence-electron chi connectivity index (χ1n) is 12.6. The second-order valence-electron chi connectivity index (χ2n) is 10.4. The molecule has 8 nitrogen and oxygen atoms in total. The fraction of sp³-hybridized carbons (Fsp3) is 0.600. The number of sulfonamides is 1. The Bertz CT molecular complexity index is 1140.